The predicted molar refractivity (Wildman–Crippen MR) is 72.9 cm³/mol. The Morgan fingerprint density at radius 2 is 1.80 bits per heavy atom. The van der Waals surface area contributed by atoms with E-state index in [1.165, 1.54) is 0 Å². The lowest BCUT2D eigenvalue weighted by atomic mass is 9.91. The Kier molecular flexibility index (Phi) is 5.28. The van der Waals surface area contributed by atoms with Crippen molar-refractivity contribution in [3.8, 4) is 0 Å². The minimum absolute atomic E-state index is 0.0240. The molecule has 110 valence electrons. The number of carbonyl (C=O) groups is 2. The van der Waals surface area contributed by atoms with Crippen molar-refractivity contribution >= 4 is 22.8 Å². The molecule has 0 bridgehead atoms. The van der Waals surface area contributed by atoms with Crippen LogP contribution in [0.1, 0.15) is 44.0 Å². The van der Waals surface area contributed by atoms with Crippen molar-refractivity contribution < 1.29 is 23.5 Å². The van der Waals surface area contributed by atoms with Crippen molar-refractivity contribution in [3.05, 3.63) is 29.3 Å². The molecule has 0 atom stereocenters. The number of hydrogen-bond donors (Lipinski definition) is 1. The van der Waals surface area contributed by atoms with Gasteiger partial charge in [0.1, 0.15) is 11.6 Å². The third-order valence-corrected chi connectivity index (χ3v) is 3.52. The zero-order chi connectivity index (χ0) is 15.5. The first-order valence-corrected chi connectivity index (χ1v) is 6.85. The molecule has 3 nitrogen and oxygen atoms in total. The van der Waals surface area contributed by atoms with E-state index in [-0.39, 0.29) is 21.8 Å². The molecule has 1 N–H and O–H groups in total. The zero-order valence-electron chi connectivity index (χ0n) is 11.5. The molecule has 6 heteroatoms. The molecule has 20 heavy (non-hydrogen) atoms. The van der Waals surface area contributed by atoms with E-state index < -0.39 is 23.2 Å². The number of hydrogen-bond acceptors (Lipinski definition) is 3. The summed E-state index contributed by atoms with van der Waals surface area (Å²) in [7, 11) is 0. The SMILES string of the molecule is CC(C)(C)CCC(=O)Sc1cc(C(=O)O)c(F)cc1F. The summed E-state index contributed by atoms with van der Waals surface area (Å²) in [6.45, 7) is 5.93. The number of thioether (sulfide) groups is 1. The second-order valence-corrected chi connectivity index (χ2v) is 6.70. The summed E-state index contributed by atoms with van der Waals surface area (Å²) in [6.07, 6.45) is 0.876. The molecule has 0 heterocycles. The van der Waals surface area contributed by atoms with Crippen LogP contribution in [0.25, 0.3) is 0 Å². The van der Waals surface area contributed by atoms with Crippen molar-refractivity contribution in [3.63, 3.8) is 0 Å². The molecule has 0 saturated heterocycles. The summed E-state index contributed by atoms with van der Waals surface area (Å²) < 4.78 is 26.7. The second-order valence-electron chi connectivity index (χ2n) is 5.60. The first kappa shape index (κ1) is 16.6. The molecule has 1 aromatic rings. The largest absolute Gasteiger partial charge is 0.478 e. The number of halogens is 2. The van der Waals surface area contributed by atoms with Crippen molar-refractivity contribution in [1.82, 2.24) is 0 Å². The normalized spacial score (nSPS) is 11.4. The van der Waals surface area contributed by atoms with Gasteiger partial charge in [0, 0.05) is 12.5 Å². The Morgan fingerprint density at radius 1 is 1.20 bits per heavy atom. The van der Waals surface area contributed by atoms with Crippen LogP contribution >= 0.6 is 11.8 Å². The monoisotopic (exact) mass is 302 g/mol. The van der Waals surface area contributed by atoms with E-state index in [0.717, 1.165) is 6.07 Å². The van der Waals surface area contributed by atoms with Gasteiger partial charge in [-0.25, -0.2) is 13.6 Å². The smallest absolute Gasteiger partial charge is 0.338 e. The molecule has 0 aliphatic rings. The maximum Gasteiger partial charge on any atom is 0.338 e. The topological polar surface area (TPSA) is 54.4 Å². The fraction of sp³-hybridized carbons (Fsp3) is 0.429. The van der Waals surface area contributed by atoms with Crippen LogP contribution in [0.5, 0.6) is 0 Å². The molecule has 0 radical (unpaired) electrons. The van der Waals surface area contributed by atoms with Crippen LogP contribution in [-0.4, -0.2) is 16.2 Å². The lowest BCUT2D eigenvalue weighted by Gasteiger charge is -2.16. The van der Waals surface area contributed by atoms with Crippen LogP contribution in [0.2, 0.25) is 0 Å². The summed E-state index contributed by atoms with van der Waals surface area (Å²) >= 11 is 0.607. The molecule has 0 amide bonds. The van der Waals surface area contributed by atoms with E-state index in [9.17, 15) is 18.4 Å². The highest BCUT2D eigenvalue weighted by Gasteiger charge is 2.19. The van der Waals surface area contributed by atoms with Crippen LogP contribution in [-0.2, 0) is 4.79 Å². The van der Waals surface area contributed by atoms with Gasteiger partial charge in [-0.15, -0.1) is 0 Å². The van der Waals surface area contributed by atoms with Gasteiger partial charge in [-0.1, -0.05) is 20.8 Å². The number of rotatable bonds is 4. The van der Waals surface area contributed by atoms with E-state index in [2.05, 4.69) is 0 Å². The Balaban J connectivity index is 2.85. The van der Waals surface area contributed by atoms with E-state index in [0.29, 0.717) is 24.2 Å². The van der Waals surface area contributed by atoms with E-state index >= 15 is 0 Å². The highest BCUT2D eigenvalue weighted by Crippen LogP contribution is 2.29. The van der Waals surface area contributed by atoms with Gasteiger partial charge < -0.3 is 5.11 Å². The van der Waals surface area contributed by atoms with Crippen molar-refractivity contribution in [1.29, 1.82) is 0 Å². The fourth-order valence-electron chi connectivity index (χ4n) is 1.42. The standard InChI is InChI=1S/C14H16F2O3S/c1-14(2,3)5-4-12(17)20-11-6-8(13(18)19)9(15)7-10(11)16/h6-7H,4-5H2,1-3H3,(H,18,19). The Morgan fingerprint density at radius 3 is 2.30 bits per heavy atom. The Bertz CT molecular complexity index is 536. The number of carboxylic acid groups (broad SMARTS) is 1. The van der Waals surface area contributed by atoms with Gasteiger partial charge in [-0.2, -0.15) is 0 Å². The quantitative estimate of drug-likeness (QED) is 0.850. The van der Waals surface area contributed by atoms with Crippen LogP contribution < -0.4 is 0 Å². The fourth-order valence-corrected chi connectivity index (χ4v) is 2.20. The molecular weight excluding hydrogens is 286 g/mol. The van der Waals surface area contributed by atoms with Crippen molar-refractivity contribution in [2.75, 3.05) is 0 Å². The summed E-state index contributed by atoms with van der Waals surface area (Å²) in [5.41, 5.74) is -0.665. The van der Waals surface area contributed by atoms with Gasteiger partial charge in [0.25, 0.3) is 0 Å². The van der Waals surface area contributed by atoms with Gasteiger partial charge >= 0.3 is 5.97 Å². The highest BCUT2D eigenvalue weighted by molar-refractivity contribution is 8.13. The molecule has 0 fully saturated rings. The lowest BCUT2D eigenvalue weighted by molar-refractivity contribution is -0.111. The van der Waals surface area contributed by atoms with Crippen LogP contribution in [0.3, 0.4) is 0 Å². The molecular formula is C14H16F2O3S. The number of benzene rings is 1. The van der Waals surface area contributed by atoms with Gasteiger partial charge in [0.05, 0.1) is 10.5 Å². The van der Waals surface area contributed by atoms with E-state index in [1.54, 1.807) is 0 Å². The van der Waals surface area contributed by atoms with E-state index in [1.807, 2.05) is 20.8 Å². The van der Waals surface area contributed by atoms with Gasteiger partial charge in [-0.05, 0) is 29.7 Å². The molecule has 0 aliphatic heterocycles. The maximum absolute atomic E-state index is 13.5. The molecule has 0 unspecified atom stereocenters. The van der Waals surface area contributed by atoms with Gasteiger partial charge in [-0.3, -0.25) is 4.79 Å². The lowest BCUT2D eigenvalue weighted by Crippen LogP contribution is -2.07. The minimum atomic E-state index is -1.49. The zero-order valence-corrected chi connectivity index (χ0v) is 12.3. The van der Waals surface area contributed by atoms with Gasteiger partial charge in [0.15, 0.2) is 5.12 Å². The number of carboxylic acids is 1. The Hall–Kier alpha value is -1.43. The van der Waals surface area contributed by atoms with Crippen molar-refractivity contribution in [2.24, 2.45) is 5.41 Å². The molecule has 0 spiro atoms. The summed E-state index contributed by atoms with van der Waals surface area (Å²) in [5.74, 6) is -3.57. The third-order valence-electron chi connectivity index (χ3n) is 2.55. The number of aromatic carboxylic acids is 1. The summed E-state index contributed by atoms with van der Waals surface area (Å²) in [4.78, 5) is 22.3. The Labute approximate surface area is 120 Å². The molecule has 1 aromatic carbocycles. The first-order valence-electron chi connectivity index (χ1n) is 6.03. The van der Waals surface area contributed by atoms with Crippen LogP contribution in [0.15, 0.2) is 17.0 Å². The second kappa shape index (κ2) is 6.35. The third kappa shape index (κ3) is 4.92. The average molecular weight is 302 g/mol. The van der Waals surface area contributed by atoms with Crippen LogP contribution in [0.4, 0.5) is 8.78 Å². The average Bonchev–Trinajstić information content (AvgIpc) is 2.28. The molecule has 0 aliphatic carbocycles. The molecule has 1 rings (SSSR count). The van der Waals surface area contributed by atoms with Gasteiger partial charge in [0.2, 0.25) is 0 Å². The predicted octanol–water partition coefficient (Wildman–Crippen LogP) is 4.11. The highest BCUT2D eigenvalue weighted by atomic mass is 32.2. The summed E-state index contributed by atoms with van der Waals surface area (Å²) in [5, 5.41) is 8.49. The molecule has 0 aromatic heterocycles. The molecule has 0 saturated carbocycles. The van der Waals surface area contributed by atoms with Crippen molar-refractivity contribution in [2.45, 2.75) is 38.5 Å². The maximum atomic E-state index is 13.5. The number of carbonyl (C=O) groups excluding carboxylic acids is 1. The first-order chi connectivity index (χ1) is 9.10. The van der Waals surface area contributed by atoms with E-state index in [4.69, 9.17) is 5.11 Å². The minimum Gasteiger partial charge on any atom is -0.478 e. The summed E-state index contributed by atoms with van der Waals surface area (Å²) in [6, 6.07) is 1.34. The van der Waals surface area contributed by atoms with Crippen LogP contribution in [0, 0.1) is 17.0 Å².